The van der Waals surface area contributed by atoms with Crippen molar-refractivity contribution in [3.63, 3.8) is 0 Å². The highest BCUT2D eigenvalue weighted by molar-refractivity contribution is 5.82. The summed E-state index contributed by atoms with van der Waals surface area (Å²) in [5.41, 5.74) is 2.22. The van der Waals surface area contributed by atoms with Crippen molar-refractivity contribution in [2.45, 2.75) is 52.3 Å². The summed E-state index contributed by atoms with van der Waals surface area (Å²) in [7, 11) is 0. The predicted molar refractivity (Wildman–Crippen MR) is 103 cm³/mol. The van der Waals surface area contributed by atoms with Crippen molar-refractivity contribution >= 4 is 12.1 Å². The molecule has 0 saturated carbocycles. The monoisotopic (exact) mass is 358 g/mol. The van der Waals surface area contributed by atoms with Gasteiger partial charge in [-0.3, -0.25) is 4.99 Å². The summed E-state index contributed by atoms with van der Waals surface area (Å²) in [6.45, 7) is 11.5. The number of hydrogen-bond donors (Lipinski definition) is 1. The average molecular weight is 358 g/mol. The zero-order chi connectivity index (χ0) is 18.7. The molecule has 1 fully saturated rings. The maximum atomic E-state index is 12.3. The SMILES string of the molecule is CCc1ccccc1CNC1=NCC2CN(C(=O)OC(C)(C)C)CCN12. The molecule has 1 saturated heterocycles. The molecule has 1 amide bonds. The van der Waals surface area contributed by atoms with E-state index in [1.54, 1.807) is 4.90 Å². The first-order chi connectivity index (χ1) is 12.4. The van der Waals surface area contributed by atoms with Gasteiger partial charge in [0.2, 0.25) is 0 Å². The summed E-state index contributed by atoms with van der Waals surface area (Å²) >= 11 is 0. The van der Waals surface area contributed by atoms with Crippen molar-refractivity contribution in [3.05, 3.63) is 35.4 Å². The van der Waals surface area contributed by atoms with E-state index in [-0.39, 0.29) is 12.1 Å². The fourth-order valence-corrected chi connectivity index (χ4v) is 3.47. The van der Waals surface area contributed by atoms with Crippen LogP contribution in [0.4, 0.5) is 4.79 Å². The molecule has 2 aliphatic heterocycles. The molecule has 6 heteroatoms. The van der Waals surface area contributed by atoms with Gasteiger partial charge in [-0.05, 0) is 38.3 Å². The number of guanidine groups is 1. The van der Waals surface area contributed by atoms with E-state index in [0.717, 1.165) is 32.0 Å². The average Bonchev–Trinajstić information content (AvgIpc) is 3.01. The predicted octanol–water partition coefficient (Wildman–Crippen LogP) is 2.63. The van der Waals surface area contributed by atoms with Gasteiger partial charge in [-0.15, -0.1) is 0 Å². The van der Waals surface area contributed by atoms with Crippen LogP contribution in [0.25, 0.3) is 0 Å². The van der Waals surface area contributed by atoms with Crippen LogP contribution in [0.5, 0.6) is 0 Å². The number of aliphatic imine (C=N–C) groups is 1. The van der Waals surface area contributed by atoms with Gasteiger partial charge in [0, 0.05) is 26.2 Å². The fraction of sp³-hybridized carbons (Fsp3) is 0.600. The second kappa shape index (κ2) is 7.56. The van der Waals surface area contributed by atoms with Crippen molar-refractivity contribution < 1.29 is 9.53 Å². The number of aryl methyl sites for hydroxylation is 1. The molecule has 2 aliphatic rings. The summed E-state index contributed by atoms with van der Waals surface area (Å²) in [6.07, 6.45) is 0.803. The zero-order valence-corrected chi connectivity index (χ0v) is 16.3. The van der Waals surface area contributed by atoms with Gasteiger partial charge in [0.05, 0.1) is 12.6 Å². The van der Waals surface area contributed by atoms with Crippen LogP contribution < -0.4 is 5.32 Å². The first-order valence-electron chi connectivity index (χ1n) is 9.47. The lowest BCUT2D eigenvalue weighted by Gasteiger charge is -2.39. The molecule has 142 valence electrons. The van der Waals surface area contributed by atoms with E-state index < -0.39 is 5.60 Å². The Kier molecular flexibility index (Phi) is 5.39. The van der Waals surface area contributed by atoms with E-state index in [4.69, 9.17) is 4.74 Å². The van der Waals surface area contributed by atoms with Crippen LogP contribution >= 0.6 is 0 Å². The van der Waals surface area contributed by atoms with Crippen molar-refractivity contribution in [3.8, 4) is 0 Å². The normalized spacial score (nSPS) is 19.8. The molecule has 1 aromatic rings. The third kappa shape index (κ3) is 4.29. The molecule has 0 spiro atoms. The summed E-state index contributed by atoms with van der Waals surface area (Å²) in [4.78, 5) is 21.1. The Labute approximate surface area is 156 Å². The number of carbonyl (C=O) groups is 1. The second-order valence-electron chi connectivity index (χ2n) is 7.91. The largest absolute Gasteiger partial charge is 0.444 e. The molecule has 1 aromatic carbocycles. The van der Waals surface area contributed by atoms with E-state index >= 15 is 0 Å². The highest BCUT2D eigenvalue weighted by atomic mass is 16.6. The molecule has 2 heterocycles. The lowest BCUT2D eigenvalue weighted by atomic mass is 10.1. The number of benzene rings is 1. The molecule has 1 unspecified atom stereocenters. The highest BCUT2D eigenvalue weighted by Crippen LogP contribution is 2.19. The molecule has 6 nitrogen and oxygen atoms in total. The number of rotatable bonds is 3. The molecule has 26 heavy (non-hydrogen) atoms. The third-order valence-corrected chi connectivity index (χ3v) is 4.79. The van der Waals surface area contributed by atoms with Gasteiger partial charge in [0.25, 0.3) is 0 Å². The van der Waals surface area contributed by atoms with Crippen LogP contribution in [-0.4, -0.2) is 59.7 Å². The number of nitrogens with zero attached hydrogens (tertiary/aromatic N) is 3. The Morgan fingerprint density at radius 3 is 2.69 bits per heavy atom. The number of fused-ring (bicyclic) bond motifs is 1. The Hall–Kier alpha value is -2.24. The number of piperazine rings is 1. The minimum atomic E-state index is -0.459. The molecule has 0 aromatic heterocycles. The van der Waals surface area contributed by atoms with E-state index in [1.165, 1.54) is 11.1 Å². The lowest BCUT2D eigenvalue weighted by Crippen LogP contribution is -2.57. The highest BCUT2D eigenvalue weighted by Gasteiger charge is 2.36. The number of hydrogen-bond acceptors (Lipinski definition) is 5. The molecule has 3 rings (SSSR count). The van der Waals surface area contributed by atoms with Gasteiger partial charge >= 0.3 is 6.09 Å². The molecular formula is C20H30N4O2. The van der Waals surface area contributed by atoms with E-state index in [2.05, 4.69) is 46.4 Å². The summed E-state index contributed by atoms with van der Waals surface area (Å²) in [5.74, 6) is 0.949. The van der Waals surface area contributed by atoms with Crippen LogP contribution in [-0.2, 0) is 17.7 Å². The summed E-state index contributed by atoms with van der Waals surface area (Å²) in [5, 5.41) is 3.50. The van der Waals surface area contributed by atoms with Crippen LogP contribution in [0.2, 0.25) is 0 Å². The van der Waals surface area contributed by atoms with Crippen LogP contribution in [0.15, 0.2) is 29.3 Å². The Morgan fingerprint density at radius 2 is 2.00 bits per heavy atom. The third-order valence-electron chi connectivity index (χ3n) is 4.79. The van der Waals surface area contributed by atoms with Crippen molar-refractivity contribution in [2.24, 2.45) is 4.99 Å². The maximum absolute atomic E-state index is 12.3. The van der Waals surface area contributed by atoms with E-state index in [1.807, 2.05) is 20.8 Å². The summed E-state index contributed by atoms with van der Waals surface area (Å²) < 4.78 is 5.50. The first-order valence-corrected chi connectivity index (χ1v) is 9.47. The molecular weight excluding hydrogens is 328 g/mol. The lowest BCUT2D eigenvalue weighted by molar-refractivity contribution is 0.0137. The van der Waals surface area contributed by atoms with Gasteiger partial charge in [-0.25, -0.2) is 4.79 Å². The number of carbonyl (C=O) groups excluding carboxylic acids is 1. The maximum Gasteiger partial charge on any atom is 0.410 e. The molecule has 1 atom stereocenters. The van der Waals surface area contributed by atoms with Crippen LogP contribution in [0.3, 0.4) is 0 Å². The zero-order valence-electron chi connectivity index (χ0n) is 16.3. The van der Waals surface area contributed by atoms with Gasteiger partial charge in [-0.2, -0.15) is 0 Å². The van der Waals surface area contributed by atoms with Crippen molar-refractivity contribution in [2.75, 3.05) is 26.2 Å². The van der Waals surface area contributed by atoms with Crippen molar-refractivity contribution in [1.29, 1.82) is 0 Å². The smallest absolute Gasteiger partial charge is 0.410 e. The fourth-order valence-electron chi connectivity index (χ4n) is 3.47. The Morgan fingerprint density at radius 1 is 1.27 bits per heavy atom. The topological polar surface area (TPSA) is 57.2 Å². The Balaban J connectivity index is 1.55. The molecule has 0 aliphatic carbocycles. The minimum absolute atomic E-state index is 0.226. The first kappa shape index (κ1) is 18.5. The molecule has 1 N–H and O–H groups in total. The Bertz CT molecular complexity index is 681. The number of amides is 1. The summed E-state index contributed by atoms with van der Waals surface area (Å²) in [6, 6.07) is 8.74. The standard InChI is InChI=1S/C20H30N4O2/c1-5-15-8-6-7-9-16(15)12-21-18-22-13-17-14-23(10-11-24(17)18)19(25)26-20(2,3)4/h6-9,17H,5,10-14H2,1-4H3,(H,21,22). The molecule has 0 radical (unpaired) electrons. The van der Waals surface area contributed by atoms with E-state index in [9.17, 15) is 4.79 Å². The second-order valence-corrected chi connectivity index (χ2v) is 7.91. The number of ether oxygens (including phenoxy) is 1. The minimum Gasteiger partial charge on any atom is -0.444 e. The van der Waals surface area contributed by atoms with Crippen LogP contribution in [0.1, 0.15) is 38.8 Å². The van der Waals surface area contributed by atoms with Crippen LogP contribution in [0, 0.1) is 0 Å². The van der Waals surface area contributed by atoms with Crippen molar-refractivity contribution in [1.82, 2.24) is 15.1 Å². The van der Waals surface area contributed by atoms with Gasteiger partial charge in [-0.1, -0.05) is 31.2 Å². The van der Waals surface area contributed by atoms with E-state index in [0.29, 0.717) is 13.1 Å². The van der Waals surface area contributed by atoms with Gasteiger partial charge in [0.15, 0.2) is 5.96 Å². The quantitative estimate of drug-likeness (QED) is 0.902. The number of nitrogens with one attached hydrogen (secondary N) is 1. The van der Waals surface area contributed by atoms with Gasteiger partial charge in [0.1, 0.15) is 5.60 Å². The molecule has 0 bridgehead atoms. The van der Waals surface area contributed by atoms with Gasteiger partial charge < -0.3 is 19.9 Å².